The average molecular weight is 335 g/mol. The first-order valence-electron chi connectivity index (χ1n) is 6.87. The van der Waals surface area contributed by atoms with Crippen molar-refractivity contribution in [3.05, 3.63) is 45.7 Å². The Kier molecular flexibility index (Phi) is 3.99. The number of nitrogens with zero attached hydrogens (tertiary/aromatic N) is 2. The Morgan fingerprint density at radius 2 is 2.14 bits per heavy atom. The molecule has 0 spiro atoms. The van der Waals surface area contributed by atoms with E-state index >= 15 is 0 Å². The van der Waals surface area contributed by atoms with Crippen LogP contribution in [-0.2, 0) is 0 Å². The molecule has 3 rings (SSSR count). The summed E-state index contributed by atoms with van der Waals surface area (Å²) in [6, 6.07) is 5.21. The fourth-order valence-corrected chi connectivity index (χ4v) is 3.29. The lowest BCUT2D eigenvalue weighted by atomic mass is 10.1. The van der Waals surface area contributed by atoms with Crippen LogP contribution in [0.1, 0.15) is 25.7 Å². The molecule has 0 saturated carbocycles. The molecule has 0 fully saturated rings. The van der Waals surface area contributed by atoms with Gasteiger partial charge in [-0.05, 0) is 29.7 Å². The lowest BCUT2D eigenvalue weighted by molar-refractivity contribution is 0.491. The highest BCUT2D eigenvalue weighted by Crippen LogP contribution is 2.32. The van der Waals surface area contributed by atoms with Crippen LogP contribution in [0.4, 0.5) is 0 Å². The molecule has 3 aromatic rings. The Hall–Kier alpha value is -1.76. The summed E-state index contributed by atoms with van der Waals surface area (Å²) in [5, 5.41) is 0.416. The molecule has 114 valence electrons. The topological polar surface area (TPSA) is 84.7 Å². The van der Waals surface area contributed by atoms with Gasteiger partial charge in [0.1, 0.15) is 15.7 Å². The van der Waals surface area contributed by atoms with E-state index < -0.39 is 0 Å². The molecular weight excluding hydrogens is 320 g/mol. The number of rotatable bonds is 3. The maximum absolute atomic E-state index is 12.3. The van der Waals surface area contributed by atoms with Crippen LogP contribution in [0.3, 0.4) is 0 Å². The third kappa shape index (κ3) is 2.77. The van der Waals surface area contributed by atoms with E-state index in [2.05, 4.69) is 15.0 Å². The van der Waals surface area contributed by atoms with Crippen LogP contribution >= 0.6 is 22.9 Å². The van der Waals surface area contributed by atoms with Crippen molar-refractivity contribution in [1.82, 2.24) is 15.0 Å². The number of nitrogens with one attached hydrogen (secondary N) is 1. The first kappa shape index (κ1) is 15.1. The molecule has 0 radical (unpaired) electrons. The van der Waals surface area contributed by atoms with E-state index in [0.717, 1.165) is 10.4 Å². The summed E-state index contributed by atoms with van der Waals surface area (Å²) >= 11 is 7.30. The summed E-state index contributed by atoms with van der Waals surface area (Å²) in [6.45, 7) is 3.99. The smallest absolute Gasteiger partial charge is 0.268 e. The third-order valence-electron chi connectivity index (χ3n) is 3.45. The third-order valence-corrected chi connectivity index (χ3v) is 4.83. The molecule has 0 unspecified atom stereocenters. The molecule has 0 bridgehead atoms. The molecule has 0 saturated heterocycles. The highest BCUT2D eigenvalue weighted by Gasteiger charge is 2.16. The van der Waals surface area contributed by atoms with Crippen molar-refractivity contribution in [1.29, 1.82) is 0 Å². The van der Waals surface area contributed by atoms with Crippen LogP contribution in [0.5, 0.6) is 0 Å². The Labute approximate surface area is 136 Å². The van der Waals surface area contributed by atoms with E-state index in [1.807, 2.05) is 26.0 Å². The van der Waals surface area contributed by atoms with Crippen molar-refractivity contribution in [2.24, 2.45) is 11.7 Å². The SMILES string of the molecule is CC(C)[C@H](N)c1nc2cc(-c3ccnc(Cl)c3)sc2c(=O)[nH]1. The number of nitrogens with two attached hydrogens (primary N) is 1. The van der Waals surface area contributed by atoms with Crippen molar-refractivity contribution in [3.63, 3.8) is 0 Å². The van der Waals surface area contributed by atoms with E-state index in [1.54, 1.807) is 12.3 Å². The molecule has 3 aromatic heterocycles. The van der Waals surface area contributed by atoms with Gasteiger partial charge in [-0.2, -0.15) is 0 Å². The predicted octanol–water partition coefficient (Wildman–Crippen LogP) is 3.36. The molecule has 22 heavy (non-hydrogen) atoms. The van der Waals surface area contributed by atoms with E-state index in [4.69, 9.17) is 17.3 Å². The monoisotopic (exact) mass is 334 g/mol. The minimum atomic E-state index is -0.296. The van der Waals surface area contributed by atoms with Gasteiger partial charge in [0.15, 0.2) is 0 Å². The Balaban J connectivity index is 2.14. The van der Waals surface area contributed by atoms with E-state index in [1.165, 1.54) is 11.3 Å². The van der Waals surface area contributed by atoms with Crippen LogP contribution in [0.2, 0.25) is 5.15 Å². The van der Waals surface area contributed by atoms with Gasteiger partial charge in [-0.15, -0.1) is 11.3 Å². The number of thiophene rings is 1. The first-order valence-corrected chi connectivity index (χ1v) is 8.06. The fourth-order valence-electron chi connectivity index (χ4n) is 2.13. The largest absolute Gasteiger partial charge is 0.321 e. The molecule has 1 atom stereocenters. The standard InChI is InChI=1S/C15H15ClN4OS/c1-7(2)12(17)14-19-9-6-10(22-13(9)15(21)20-14)8-3-4-18-11(16)5-8/h3-7,12H,17H2,1-2H3,(H,19,20,21)/t12-/m0/s1. The molecule has 0 aliphatic rings. The maximum atomic E-state index is 12.3. The summed E-state index contributed by atoms with van der Waals surface area (Å²) in [6.07, 6.45) is 1.64. The predicted molar refractivity (Wildman–Crippen MR) is 90.2 cm³/mol. The van der Waals surface area contributed by atoms with Gasteiger partial charge < -0.3 is 10.7 Å². The average Bonchev–Trinajstić information content (AvgIpc) is 2.91. The Bertz CT molecular complexity index is 887. The lowest BCUT2D eigenvalue weighted by Crippen LogP contribution is -2.23. The molecule has 0 amide bonds. The number of aromatic amines is 1. The zero-order chi connectivity index (χ0) is 15.9. The van der Waals surface area contributed by atoms with E-state index in [-0.39, 0.29) is 17.5 Å². The molecule has 0 aromatic carbocycles. The first-order chi connectivity index (χ1) is 10.5. The second kappa shape index (κ2) is 5.79. The Morgan fingerprint density at radius 3 is 2.82 bits per heavy atom. The second-order valence-corrected chi connectivity index (χ2v) is 6.85. The quantitative estimate of drug-likeness (QED) is 0.719. The van der Waals surface area contributed by atoms with Crippen LogP contribution in [0.25, 0.3) is 20.7 Å². The van der Waals surface area contributed by atoms with Crippen LogP contribution in [0.15, 0.2) is 29.2 Å². The summed E-state index contributed by atoms with van der Waals surface area (Å²) in [7, 11) is 0. The summed E-state index contributed by atoms with van der Waals surface area (Å²) in [5.41, 5.74) is 7.49. The highest BCUT2D eigenvalue weighted by atomic mass is 35.5. The maximum Gasteiger partial charge on any atom is 0.268 e. The number of aromatic nitrogens is 3. The van der Waals surface area contributed by atoms with Crippen LogP contribution < -0.4 is 11.3 Å². The van der Waals surface area contributed by atoms with Crippen molar-refractivity contribution in [2.75, 3.05) is 0 Å². The molecule has 7 heteroatoms. The van der Waals surface area contributed by atoms with Crippen molar-refractivity contribution in [2.45, 2.75) is 19.9 Å². The number of hydrogen-bond acceptors (Lipinski definition) is 5. The summed E-state index contributed by atoms with van der Waals surface area (Å²) in [5.74, 6) is 0.710. The van der Waals surface area contributed by atoms with Crippen molar-refractivity contribution < 1.29 is 0 Å². The van der Waals surface area contributed by atoms with Gasteiger partial charge in [-0.25, -0.2) is 9.97 Å². The minimum absolute atomic E-state index is 0.160. The number of hydrogen-bond donors (Lipinski definition) is 2. The number of halogens is 1. The molecule has 5 nitrogen and oxygen atoms in total. The van der Waals surface area contributed by atoms with Gasteiger partial charge in [0.05, 0.1) is 11.6 Å². The molecular formula is C15H15ClN4OS. The molecule has 3 heterocycles. The number of H-pyrrole nitrogens is 1. The molecule has 0 aliphatic carbocycles. The van der Waals surface area contributed by atoms with Gasteiger partial charge in [0.25, 0.3) is 5.56 Å². The zero-order valence-corrected chi connectivity index (χ0v) is 13.7. The van der Waals surface area contributed by atoms with Gasteiger partial charge in [-0.1, -0.05) is 25.4 Å². The molecule has 0 aliphatic heterocycles. The highest BCUT2D eigenvalue weighted by molar-refractivity contribution is 7.22. The van der Waals surface area contributed by atoms with Crippen molar-refractivity contribution in [3.8, 4) is 10.4 Å². The van der Waals surface area contributed by atoms with Gasteiger partial charge in [0.2, 0.25) is 0 Å². The normalized spacial score (nSPS) is 13.0. The van der Waals surface area contributed by atoms with Gasteiger partial charge >= 0.3 is 0 Å². The minimum Gasteiger partial charge on any atom is -0.321 e. The number of fused-ring (bicyclic) bond motifs is 1. The number of pyridine rings is 1. The summed E-state index contributed by atoms with van der Waals surface area (Å²) < 4.78 is 0.586. The van der Waals surface area contributed by atoms with Crippen LogP contribution in [0, 0.1) is 5.92 Å². The zero-order valence-electron chi connectivity index (χ0n) is 12.1. The molecule has 3 N–H and O–H groups in total. The van der Waals surface area contributed by atoms with Crippen molar-refractivity contribution >= 4 is 33.2 Å². The summed E-state index contributed by atoms with van der Waals surface area (Å²) in [4.78, 5) is 24.4. The Morgan fingerprint density at radius 1 is 1.36 bits per heavy atom. The van der Waals surface area contributed by atoms with Gasteiger partial charge in [0, 0.05) is 11.1 Å². The lowest BCUT2D eigenvalue weighted by Gasteiger charge is -2.13. The van der Waals surface area contributed by atoms with E-state index in [0.29, 0.717) is 21.2 Å². The fraction of sp³-hybridized carbons (Fsp3) is 0.267. The van der Waals surface area contributed by atoms with E-state index in [9.17, 15) is 4.79 Å². The van der Waals surface area contributed by atoms with Crippen LogP contribution in [-0.4, -0.2) is 15.0 Å². The van der Waals surface area contributed by atoms with Gasteiger partial charge in [-0.3, -0.25) is 4.79 Å². The second-order valence-electron chi connectivity index (χ2n) is 5.41.